The zero-order valence-corrected chi connectivity index (χ0v) is 11.6. The van der Waals surface area contributed by atoms with Crippen molar-refractivity contribution in [2.75, 3.05) is 4.43 Å². The van der Waals surface area contributed by atoms with Gasteiger partial charge in [0.1, 0.15) is 0 Å². The summed E-state index contributed by atoms with van der Waals surface area (Å²) in [5, 5.41) is 0. The second-order valence-electron chi connectivity index (χ2n) is 3.40. The molecule has 84 valence electrons. The van der Waals surface area contributed by atoms with E-state index < -0.39 is 10.1 Å². The minimum atomic E-state index is -4.09. The van der Waals surface area contributed by atoms with E-state index in [-0.39, 0.29) is 4.90 Å². The van der Waals surface area contributed by atoms with Crippen LogP contribution in [0.3, 0.4) is 0 Å². The lowest BCUT2D eigenvalue weighted by molar-refractivity contribution is 0.482. The number of benzene rings is 1. The van der Waals surface area contributed by atoms with Crippen molar-refractivity contribution in [3.05, 3.63) is 28.8 Å². The number of halogens is 1. The molecule has 15 heavy (non-hydrogen) atoms. The molecule has 1 aromatic carbocycles. The van der Waals surface area contributed by atoms with Gasteiger partial charge in [0.2, 0.25) is 0 Å². The van der Waals surface area contributed by atoms with Crippen LogP contribution in [0.1, 0.15) is 16.7 Å². The molecule has 0 fully saturated rings. The van der Waals surface area contributed by atoms with Gasteiger partial charge in [0.25, 0.3) is 10.1 Å². The molecule has 0 radical (unpaired) electrons. The van der Waals surface area contributed by atoms with Gasteiger partial charge in [-0.15, -0.1) is 0 Å². The van der Waals surface area contributed by atoms with Crippen LogP contribution in [0.4, 0.5) is 0 Å². The van der Waals surface area contributed by atoms with E-state index in [0.29, 0.717) is 5.56 Å². The summed E-state index contributed by atoms with van der Waals surface area (Å²) in [6.07, 6.45) is 0.821. The van der Waals surface area contributed by atoms with Crippen molar-refractivity contribution in [1.82, 2.24) is 0 Å². The number of alkyl halides is 1. The highest BCUT2D eigenvalue weighted by atomic mass is 127. The number of aryl methyl sites for hydroxylation is 1. The molecule has 5 heteroatoms. The van der Waals surface area contributed by atoms with Crippen LogP contribution in [0, 0.1) is 13.8 Å². The maximum absolute atomic E-state index is 11.1. The Labute approximate surface area is 104 Å². The lowest BCUT2D eigenvalue weighted by atomic mass is 10.0. The second kappa shape index (κ2) is 4.80. The lowest BCUT2D eigenvalue weighted by Gasteiger charge is -2.11. The van der Waals surface area contributed by atoms with Gasteiger partial charge in [-0.05, 0) is 43.0 Å². The van der Waals surface area contributed by atoms with Crippen molar-refractivity contribution in [3.63, 3.8) is 0 Å². The zero-order valence-electron chi connectivity index (χ0n) is 8.62. The predicted octanol–water partition coefficient (Wildman–Crippen LogP) is 2.53. The molecule has 0 heterocycles. The molecule has 1 N–H and O–H groups in total. The molecule has 1 aromatic rings. The van der Waals surface area contributed by atoms with Gasteiger partial charge in [-0.1, -0.05) is 28.7 Å². The van der Waals surface area contributed by atoms with Gasteiger partial charge in [0.05, 0.1) is 4.90 Å². The Morgan fingerprint density at radius 1 is 1.33 bits per heavy atom. The Hall–Kier alpha value is -0.140. The molecule has 1 rings (SSSR count). The van der Waals surface area contributed by atoms with Crippen LogP contribution < -0.4 is 0 Å². The quantitative estimate of drug-likeness (QED) is 0.523. The Bertz CT molecular complexity index is 466. The molecule has 0 unspecified atom stereocenters. The average molecular weight is 340 g/mol. The standard InChI is InChI=1S/C10H13IO3S/c1-7-3-4-10(15(12,13)14)8(2)9(7)5-6-11/h3-4H,5-6H2,1-2H3,(H,12,13,14). The normalized spacial score (nSPS) is 11.7. The summed E-state index contributed by atoms with van der Waals surface area (Å²) in [7, 11) is -4.09. The van der Waals surface area contributed by atoms with Crippen molar-refractivity contribution >= 4 is 32.7 Å². The first kappa shape index (κ1) is 12.9. The van der Waals surface area contributed by atoms with Gasteiger partial charge in [0.15, 0.2) is 0 Å². The molecular formula is C10H13IO3S. The first-order valence-electron chi connectivity index (χ1n) is 4.50. The summed E-state index contributed by atoms with van der Waals surface area (Å²) in [6, 6.07) is 3.19. The minimum Gasteiger partial charge on any atom is -0.282 e. The highest BCUT2D eigenvalue weighted by molar-refractivity contribution is 14.1. The van der Waals surface area contributed by atoms with E-state index in [4.69, 9.17) is 4.55 Å². The maximum atomic E-state index is 11.1. The molecule has 0 aliphatic rings. The molecule has 0 aliphatic carbocycles. The third-order valence-electron chi connectivity index (χ3n) is 2.41. The number of hydrogen-bond acceptors (Lipinski definition) is 2. The van der Waals surface area contributed by atoms with E-state index in [0.717, 1.165) is 22.0 Å². The van der Waals surface area contributed by atoms with E-state index in [2.05, 4.69) is 22.6 Å². The van der Waals surface area contributed by atoms with Gasteiger partial charge in [-0.2, -0.15) is 8.42 Å². The molecule has 3 nitrogen and oxygen atoms in total. The van der Waals surface area contributed by atoms with Gasteiger partial charge < -0.3 is 0 Å². The molecule has 0 saturated heterocycles. The third kappa shape index (κ3) is 2.92. The lowest BCUT2D eigenvalue weighted by Crippen LogP contribution is -2.05. The third-order valence-corrected chi connectivity index (χ3v) is 3.94. The molecular weight excluding hydrogens is 327 g/mol. The average Bonchev–Trinajstić information content (AvgIpc) is 2.09. The van der Waals surface area contributed by atoms with Crippen molar-refractivity contribution in [2.24, 2.45) is 0 Å². The highest BCUT2D eigenvalue weighted by Gasteiger charge is 2.16. The largest absolute Gasteiger partial charge is 0.294 e. The fourth-order valence-electron chi connectivity index (χ4n) is 1.63. The van der Waals surface area contributed by atoms with Crippen LogP contribution in [0.15, 0.2) is 17.0 Å². The number of hydrogen-bond donors (Lipinski definition) is 1. The van der Waals surface area contributed by atoms with Crippen LogP contribution in [-0.2, 0) is 16.5 Å². The Morgan fingerprint density at radius 2 is 1.93 bits per heavy atom. The summed E-state index contributed by atoms with van der Waals surface area (Å²) in [4.78, 5) is 0.0213. The monoisotopic (exact) mass is 340 g/mol. The molecule has 0 spiro atoms. The molecule has 0 atom stereocenters. The molecule has 0 aliphatic heterocycles. The van der Waals surface area contributed by atoms with Gasteiger partial charge in [-0.3, -0.25) is 4.55 Å². The van der Waals surface area contributed by atoms with E-state index in [1.807, 2.05) is 6.92 Å². The molecule has 0 amide bonds. The van der Waals surface area contributed by atoms with Crippen molar-refractivity contribution in [3.8, 4) is 0 Å². The Morgan fingerprint density at radius 3 is 2.40 bits per heavy atom. The van der Waals surface area contributed by atoms with Crippen molar-refractivity contribution < 1.29 is 13.0 Å². The van der Waals surface area contributed by atoms with Crippen LogP contribution in [0.2, 0.25) is 0 Å². The maximum Gasteiger partial charge on any atom is 0.294 e. The summed E-state index contributed by atoms with van der Waals surface area (Å²) in [6.45, 7) is 3.68. The van der Waals surface area contributed by atoms with Crippen molar-refractivity contribution in [1.29, 1.82) is 0 Å². The first-order valence-corrected chi connectivity index (χ1v) is 7.47. The molecule has 0 saturated carbocycles. The Balaban J connectivity index is 3.42. The van der Waals surface area contributed by atoms with E-state index in [1.165, 1.54) is 6.07 Å². The van der Waals surface area contributed by atoms with Gasteiger partial charge >= 0.3 is 0 Å². The summed E-state index contributed by atoms with van der Waals surface area (Å²) in [5.74, 6) is 0. The molecule has 0 aromatic heterocycles. The van der Waals surface area contributed by atoms with Gasteiger partial charge in [0, 0.05) is 4.43 Å². The van der Waals surface area contributed by atoms with Gasteiger partial charge in [-0.25, -0.2) is 0 Å². The van der Waals surface area contributed by atoms with Crippen LogP contribution in [-0.4, -0.2) is 17.4 Å². The van der Waals surface area contributed by atoms with Crippen LogP contribution in [0.25, 0.3) is 0 Å². The van der Waals surface area contributed by atoms with Crippen molar-refractivity contribution in [2.45, 2.75) is 25.2 Å². The van der Waals surface area contributed by atoms with E-state index in [9.17, 15) is 8.42 Å². The van der Waals surface area contributed by atoms with E-state index >= 15 is 0 Å². The predicted molar refractivity (Wildman–Crippen MR) is 68.3 cm³/mol. The summed E-state index contributed by atoms with van der Waals surface area (Å²) >= 11 is 2.24. The fourth-order valence-corrected chi connectivity index (χ4v) is 2.92. The van der Waals surface area contributed by atoms with E-state index in [1.54, 1.807) is 13.0 Å². The fraction of sp³-hybridized carbons (Fsp3) is 0.400. The number of rotatable bonds is 3. The topological polar surface area (TPSA) is 54.4 Å². The smallest absolute Gasteiger partial charge is 0.282 e. The summed E-state index contributed by atoms with van der Waals surface area (Å²) < 4.78 is 32.1. The summed E-state index contributed by atoms with van der Waals surface area (Å²) in [5.41, 5.74) is 2.74. The minimum absolute atomic E-state index is 0.0213. The molecule has 0 bridgehead atoms. The zero-order chi connectivity index (χ0) is 11.6. The first-order chi connectivity index (χ1) is 6.88. The second-order valence-corrected chi connectivity index (χ2v) is 5.87. The van der Waals surface area contributed by atoms with Crippen LogP contribution >= 0.6 is 22.6 Å². The highest BCUT2D eigenvalue weighted by Crippen LogP contribution is 2.22. The van der Waals surface area contributed by atoms with Crippen LogP contribution in [0.5, 0.6) is 0 Å². The SMILES string of the molecule is Cc1ccc(S(=O)(=O)O)c(C)c1CCI. The Kier molecular flexibility index (Phi) is 4.13.